The van der Waals surface area contributed by atoms with Crippen LogP contribution in [0, 0.1) is 10.5 Å². The van der Waals surface area contributed by atoms with E-state index in [-0.39, 0.29) is 17.2 Å². The standard InChI is InChI=1S/C23H24INO4S/c1-5-15(3)25-22(26)20(30-23(25)27)12-17-10-18(24)21(19(11-17)28-4)29-13-16-8-6-7-14(2)9-16/h6-12,15H,5,13H2,1-4H3/b20-12+/t15-/m0/s1. The molecule has 0 unspecified atom stereocenters. The minimum absolute atomic E-state index is 0.115. The molecule has 1 aliphatic rings. The van der Waals surface area contributed by atoms with E-state index in [1.165, 1.54) is 10.5 Å². The lowest BCUT2D eigenvalue weighted by Gasteiger charge is -2.19. The first-order valence-electron chi connectivity index (χ1n) is 9.67. The van der Waals surface area contributed by atoms with Crippen LogP contribution in [0.5, 0.6) is 11.5 Å². The molecule has 1 fully saturated rings. The smallest absolute Gasteiger partial charge is 0.293 e. The zero-order chi connectivity index (χ0) is 21.8. The third-order valence-corrected chi connectivity index (χ3v) is 6.56. The van der Waals surface area contributed by atoms with E-state index in [1.807, 2.05) is 51.1 Å². The number of hydrogen-bond donors (Lipinski definition) is 0. The average molecular weight is 537 g/mol. The summed E-state index contributed by atoms with van der Waals surface area (Å²) in [6, 6.07) is 11.8. The van der Waals surface area contributed by atoms with Crippen LogP contribution in [0.3, 0.4) is 0 Å². The second-order valence-electron chi connectivity index (χ2n) is 7.12. The zero-order valence-corrected chi connectivity index (χ0v) is 20.4. The van der Waals surface area contributed by atoms with Crippen LogP contribution in [0.2, 0.25) is 0 Å². The van der Waals surface area contributed by atoms with Crippen molar-refractivity contribution < 1.29 is 19.1 Å². The van der Waals surface area contributed by atoms with Crippen LogP contribution < -0.4 is 9.47 Å². The van der Waals surface area contributed by atoms with Crippen LogP contribution in [0.4, 0.5) is 4.79 Å². The number of methoxy groups -OCH3 is 1. The number of carbonyl (C=O) groups is 2. The Hall–Kier alpha value is -2.00. The Labute approximate surface area is 195 Å². The van der Waals surface area contributed by atoms with Crippen LogP contribution in [-0.2, 0) is 11.4 Å². The summed E-state index contributed by atoms with van der Waals surface area (Å²) in [6.45, 7) is 6.32. The fourth-order valence-electron chi connectivity index (χ4n) is 3.11. The molecule has 0 aliphatic carbocycles. The molecule has 2 amide bonds. The molecule has 1 heterocycles. The molecule has 5 nitrogen and oxygen atoms in total. The molecule has 3 rings (SSSR count). The van der Waals surface area contributed by atoms with E-state index >= 15 is 0 Å². The number of amides is 2. The van der Waals surface area contributed by atoms with Crippen molar-refractivity contribution in [3.05, 3.63) is 61.6 Å². The van der Waals surface area contributed by atoms with Crippen molar-refractivity contribution in [3.63, 3.8) is 0 Å². The number of benzene rings is 2. The van der Waals surface area contributed by atoms with Gasteiger partial charge in [0.1, 0.15) is 6.61 Å². The maximum atomic E-state index is 12.7. The van der Waals surface area contributed by atoms with E-state index in [1.54, 1.807) is 13.2 Å². The molecule has 2 aromatic rings. The Balaban J connectivity index is 1.84. The number of ether oxygens (including phenoxy) is 2. The van der Waals surface area contributed by atoms with E-state index in [0.29, 0.717) is 23.0 Å². The Bertz CT molecular complexity index is 1000. The summed E-state index contributed by atoms with van der Waals surface area (Å²) in [5, 5.41) is -0.222. The van der Waals surface area contributed by atoms with Crippen LogP contribution in [0.15, 0.2) is 41.3 Å². The fraction of sp³-hybridized carbons (Fsp3) is 0.304. The summed E-state index contributed by atoms with van der Waals surface area (Å²) in [6.07, 6.45) is 2.46. The maximum absolute atomic E-state index is 12.7. The maximum Gasteiger partial charge on any atom is 0.293 e. The topological polar surface area (TPSA) is 55.8 Å². The minimum atomic E-state index is -0.243. The Morgan fingerprint density at radius 1 is 1.23 bits per heavy atom. The minimum Gasteiger partial charge on any atom is -0.493 e. The first-order valence-corrected chi connectivity index (χ1v) is 11.6. The molecule has 0 N–H and O–H groups in total. The Morgan fingerprint density at radius 3 is 2.67 bits per heavy atom. The predicted octanol–water partition coefficient (Wildman–Crippen LogP) is 6.02. The molecule has 7 heteroatoms. The molecular weight excluding hydrogens is 513 g/mol. The number of thioether (sulfide) groups is 1. The van der Waals surface area contributed by atoms with Gasteiger partial charge in [-0.3, -0.25) is 14.5 Å². The largest absolute Gasteiger partial charge is 0.493 e. The third-order valence-electron chi connectivity index (χ3n) is 4.87. The number of halogens is 1. The fourth-order valence-corrected chi connectivity index (χ4v) is 4.83. The SMILES string of the molecule is CC[C@H](C)N1C(=O)S/C(=C/c2cc(I)c(OCc3cccc(C)c3)c(OC)c2)C1=O. The van der Waals surface area contributed by atoms with Gasteiger partial charge in [-0.25, -0.2) is 0 Å². The highest BCUT2D eigenvalue weighted by atomic mass is 127. The van der Waals surface area contributed by atoms with Gasteiger partial charge in [-0.05, 0) is 84.0 Å². The number of hydrogen-bond acceptors (Lipinski definition) is 5. The van der Waals surface area contributed by atoms with Crippen LogP contribution in [0.1, 0.15) is 37.0 Å². The molecular formula is C23H24INO4S. The van der Waals surface area contributed by atoms with Gasteiger partial charge < -0.3 is 9.47 Å². The van der Waals surface area contributed by atoms with Crippen LogP contribution >= 0.6 is 34.4 Å². The molecule has 1 saturated heterocycles. The van der Waals surface area contributed by atoms with E-state index in [0.717, 1.165) is 32.9 Å². The molecule has 0 saturated carbocycles. The van der Waals surface area contributed by atoms with Gasteiger partial charge in [-0.2, -0.15) is 0 Å². The highest BCUT2D eigenvalue weighted by Crippen LogP contribution is 2.38. The summed E-state index contributed by atoms with van der Waals surface area (Å²) in [4.78, 5) is 26.7. The van der Waals surface area contributed by atoms with E-state index in [2.05, 4.69) is 28.7 Å². The summed E-state index contributed by atoms with van der Waals surface area (Å²) >= 11 is 3.17. The monoisotopic (exact) mass is 537 g/mol. The normalized spacial score (nSPS) is 16.3. The van der Waals surface area contributed by atoms with Gasteiger partial charge >= 0.3 is 0 Å². The average Bonchev–Trinajstić information content (AvgIpc) is 2.99. The number of aryl methyl sites for hydroxylation is 1. The lowest BCUT2D eigenvalue weighted by Crippen LogP contribution is -2.36. The molecule has 2 aromatic carbocycles. The molecule has 30 heavy (non-hydrogen) atoms. The van der Waals surface area contributed by atoms with Crippen molar-refractivity contribution in [2.45, 2.75) is 39.8 Å². The molecule has 0 aromatic heterocycles. The summed E-state index contributed by atoms with van der Waals surface area (Å²) < 4.78 is 12.4. The first kappa shape index (κ1) is 22.7. The van der Waals surface area contributed by atoms with Gasteiger partial charge in [0.25, 0.3) is 11.1 Å². The van der Waals surface area contributed by atoms with E-state index in [4.69, 9.17) is 9.47 Å². The second-order valence-corrected chi connectivity index (χ2v) is 9.28. The number of rotatable bonds is 7. The van der Waals surface area contributed by atoms with Gasteiger partial charge in [0.15, 0.2) is 11.5 Å². The van der Waals surface area contributed by atoms with Crippen molar-refractivity contribution in [1.29, 1.82) is 0 Å². The van der Waals surface area contributed by atoms with Crippen LogP contribution in [-0.4, -0.2) is 29.2 Å². The van der Waals surface area contributed by atoms with Crippen LogP contribution in [0.25, 0.3) is 6.08 Å². The van der Waals surface area contributed by atoms with Gasteiger partial charge in [0, 0.05) is 6.04 Å². The highest BCUT2D eigenvalue weighted by Gasteiger charge is 2.37. The van der Waals surface area contributed by atoms with E-state index < -0.39 is 0 Å². The molecule has 1 atom stereocenters. The molecule has 1 aliphatic heterocycles. The summed E-state index contributed by atoms with van der Waals surface area (Å²) in [5.74, 6) is 1.000. The summed E-state index contributed by atoms with van der Waals surface area (Å²) in [5.41, 5.74) is 3.05. The summed E-state index contributed by atoms with van der Waals surface area (Å²) in [7, 11) is 1.59. The third kappa shape index (κ3) is 5.00. The first-order chi connectivity index (χ1) is 14.3. The Morgan fingerprint density at radius 2 is 2.00 bits per heavy atom. The number of carbonyl (C=O) groups excluding carboxylic acids is 2. The Kier molecular flexibility index (Phi) is 7.46. The highest BCUT2D eigenvalue weighted by molar-refractivity contribution is 14.1. The quantitative estimate of drug-likeness (QED) is 0.319. The predicted molar refractivity (Wildman–Crippen MR) is 129 cm³/mol. The van der Waals surface area contributed by atoms with Crippen molar-refractivity contribution in [1.82, 2.24) is 4.90 Å². The van der Waals surface area contributed by atoms with Crippen molar-refractivity contribution >= 4 is 51.6 Å². The van der Waals surface area contributed by atoms with Gasteiger partial charge in [-0.1, -0.05) is 36.8 Å². The van der Waals surface area contributed by atoms with Gasteiger partial charge in [-0.15, -0.1) is 0 Å². The number of imide groups is 1. The lowest BCUT2D eigenvalue weighted by molar-refractivity contribution is -0.124. The second kappa shape index (κ2) is 9.87. The molecule has 158 valence electrons. The number of nitrogens with zero attached hydrogens (tertiary/aromatic N) is 1. The lowest BCUT2D eigenvalue weighted by atomic mass is 10.1. The zero-order valence-electron chi connectivity index (χ0n) is 17.4. The van der Waals surface area contributed by atoms with E-state index in [9.17, 15) is 9.59 Å². The van der Waals surface area contributed by atoms with Crippen molar-refractivity contribution in [2.75, 3.05) is 7.11 Å². The molecule has 0 radical (unpaired) electrons. The van der Waals surface area contributed by atoms with Gasteiger partial charge in [0.2, 0.25) is 0 Å². The van der Waals surface area contributed by atoms with Gasteiger partial charge in [0.05, 0.1) is 15.6 Å². The van der Waals surface area contributed by atoms with Crippen molar-refractivity contribution in [3.8, 4) is 11.5 Å². The van der Waals surface area contributed by atoms with Crippen molar-refractivity contribution in [2.24, 2.45) is 0 Å². The molecule has 0 bridgehead atoms. The molecule has 0 spiro atoms.